The maximum absolute atomic E-state index is 14.2. The summed E-state index contributed by atoms with van der Waals surface area (Å²) in [6.07, 6.45) is -3.02. The minimum absolute atomic E-state index is 0.0671. The zero-order valence-electron chi connectivity index (χ0n) is 20.8. The Morgan fingerprint density at radius 2 is 1.68 bits per heavy atom. The van der Waals surface area contributed by atoms with Gasteiger partial charge in [0.15, 0.2) is 11.6 Å². The van der Waals surface area contributed by atoms with Crippen molar-refractivity contribution in [2.24, 2.45) is 0 Å². The van der Waals surface area contributed by atoms with Gasteiger partial charge in [0.05, 0.1) is 27.7 Å². The van der Waals surface area contributed by atoms with Gasteiger partial charge in [0, 0.05) is 38.3 Å². The zero-order chi connectivity index (χ0) is 30.1. The van der Waals surface area contributed by atoms with Crippen LogP contribution in [-0.4, -0.2) is 72.2 Å². The van der Waals surface area contributed by atoms with Gasteiger partial charge in [-0.3, -0.25) is 0 Å². The second kappa shape index (κ2) is 11.6. The van der Waals surface area contributed by atoms with Crippen LogP contribution >= 0.6 is 11.6 Å². The molecule has 2 heterocycles. The first-order chi connectivity index (χ1) is 19.2. The smallest absolute Gasteiger partial charge is 0.475 e. The number of carboxylic acid groups (broad SMARTS) is 1. The van der Waals surface area contributed by atoms with Crippen LogP contribution in [0.15, 0.2) is 35.2 Å². The molecule has 10 nitrogen and oxygen atoms in total. The first-order valence-corrected chi connectivity index (χ1v) is 13.7. The van der Waals surface area contributed by atoms with Crippen molar-refractivity contribution < 1.29 is 40.3 Å². The molecule has 0 spiro atoms. The van der Waals surface area contributed by atoms with Crippen molar-refractivity contribution in [2.45, 2.75) is 30.0 Å². The Morgan fingerprint density at radius 1 is 1.05 bits per heavy atom. The maximum atomic E-state index is 14.2. The van der Waals surface area contributed by atoms with E-state index < -0.39 is 43.7 Å². The van der Waals surface area contributed by atoms with Crippen molar-refractivity contribution in [3.05, 3.63) is 52.6 Å². The molecule has 1 aliphatic heterocycles. The molecule has 5 rings (SSSR count). The number of nitriles is 1. The van der Waals surface area contributed by atoms with Crippen molar-refractivity contribution in [1.82, 2.24) is 14.3 Å². The predicted octanol–water partition coefficient (Wildman–Crippen LogP) is 4.15. The Hall–Kier alpha value is -3.81. The standard InChI is InChI=1S/C22H19ClF2N6O2S.C2HF3O2/c23-15-10-20(17(25)11-16(15)24)34(32,33)31-7-5-30(6-8-31)22-21(27-14-2-3-14)28-18-4-1-13(12-26)9-19(18)29-22;3-2(4,5)1(6)7/h1,4,9-11,14H,2-3,5-8H2,(H,27,28);(H,6,7). The molecule has 0 atom stereocenters. The van der Waals surface area contributed by atoms with E-state index >= 15 is 0 Å². The molecule has 218 valence electrons. The molecule has 2 fully saturated rings. The van der Waals surface area contributed by atoms with Crippen molar-refractivity contribution in [3.8, 4) is 6.07 Å². The van der Waals surface area contributed by atoms with Gasteiger partial charge in [0.25, 0.3) is 0 Å². The highest BCUT2D eigenvalue weighted by molar-refractivity contribution is 7.89. The minimum atomic E-state index is -5.08. The van der Waals surface area contributed by atoms with Gasteiger partial charge < -0.3 is 15.3 Å². The van der Waals surface area contributed by atoms with E-state index in [1.54, 1.807) is 18.2 Å². The fourth-order valence-electron chi connectivity index (χ4n) is 3.83. The largest absolute Gasteiger partial charge is 0.490 e. The highest BCUT2D eigenvalue weighted by Gasteiger charge is 2.38. The van der Waals surface area contributed by atoms with E-state index in [9.17, 15) is 35.6 Å². The van der Waals surface area contributed by atoms with Crippen LogP contribution in [0.2, 0.25) is 5.02 Å². The number of hydrogen-bond donors (Lipinski definition) is 2. The first-order valence-electron chi connectivity index (χ1n) is 11.9. The number of aromatic nitrogens is 2. The van der Waals surface area contributed by atoms with Crippen LogP contribution < -0.4 is 10.2 Å². The molecule has 0 bridgehead atoms. The fourth-order valence-corrected chi connectivity index (χ4v) is 5.56. The molecule has 0 unspecified atom stereocenters. The minimum Gasteiger partial charge on any atom is -0.475 e. The number of nitrogens with one attached hydrogen (secondary N) is 1. The van der Waals surface area contributed by atoms with Crippen LogP contribution in [0, 0.1) is 23.0 Å². The van der Waals surface area contributed by atoms with Gasteiger partial charge in [-0.2, -0.15) is 22.7 Å². The van der Waals surface area contributed by atoms with Gasteiger partial charge in [0.2, 0.25) is 10.0 Å². The third-order valence-corrected chi connectivity index (χ3v) is 8.27. The number of fused-ring (bicyclic) bond motifs is 1. The van der Waals surface area contributed by atoms with E-state index in [1.165, 1.54) is 0 Å². The number of aliphatic carboxylic acids is 1. The Morgan fingerprint density at radius 3 is 2.24 bits per heavy atom. The average Bonchev–Trinajstić information content (AvgIpc) is 3.74. The zero-order valence-corrected chi connectivity index (χ0v) is 22.4. The van der Waals surface area contributed by atoms with Gasteiger partial charge in [-0.25, -0.2) is 32.0 Å². The maximum Gasteiger partial charge on any atom is 0.490 e. The number of carboxylic acids is 1. The number of carbonyl (C=O) groups is 1. The van der Waals surface area contributed by atoms with E-state index in [0.29, 0.717) is 40.3 Å². The van der Waals surface area contributed by atoms with Crippen LogP contribution in [0.25, 0.3) is 11.0 Å². The second-order valence-corrected chi connectivity index (χ2v) is 11.3. The van der Waals surface area contributed by atoms with Gasteiger partial charge >= 0.3 is 12.1 Å². The number of halogens is 6. The molecule has 0 radical (unpaired) electrons. The molecule has 3 aromatic rings. The third kappa shape index (κ3) is 6.92. The van der Waals surface area contributed by atoms with Crippen molar-refractivity contribution in [2.75, 3.05) is 36.4 Å². The van der Waals surface area contributed by atoms with Crippen LogP contribution in [0.3, 0.4) is 0 Å². The Labute approximate surface area is 235 Å². The van der Waals surface area contributed by atoms with E-state index in [2.05, 4.69) is 11.4 Å². The molecular weight excluding hydrogens is 599 g/mol. The fraction of sp³-hybridized carbons (Fsp3) is 0.333. The number of hydrogen-bond acceptors (Lipinski definition) is 8. The molecule has 1 aromatic heterocycles. The first kappa shape index (κ1) is 30.2. The lowest BCUT2D eigenvalue weighted by molar-refractivity contribution is -0.192. The van der Waals surface area contributed by atoms with E-state index in [-0.39, 0.29) is 26.2 Å². The summed E-state index contributed by atoms with van der Waals surface area (Å²) in [5, 5.41) is 19.3. The van der Waals surface area contributed by atoms with Gasteiger partial charge in [-0.05, 0) is 37.1 Å². The highest BCUT2D eigenvalue weighted by Crippen LogP contribution is 2.32. The van der Waals surface area contributed by atoms with Crippen molar-refractivity contribution in [3.63, 3.8) is 0 Å². The van der Waals surface area contributed by atoms with Gasteiger partial charge in [-0.15, -0.1) is 0 Å². The van der Waals surface area contributed by atoms with Crippen molar-refractivity contribution in [1.29, 1.82) is 5.26 Å². The lowest BCUT2D eigenvalue weighted by Gasteiger charge is -2.35. The molecule has 17 heteroatoms. The van der Waals surface area contributed by atoms with Gasteiger partial charge in [-0.1, -0.05) is 11.6 Å². The number of alkyl halides is 3. The summed E-state index contributed by atoms with van der Waals surface area (Å²) in [5.74, 6) is -3.79. The molecule has 2 aliphatic rings. The Kier molecular flexibility index (Phi) is 8.52. The number of sulfonamides is 1. The lowest BCUT2D eigenvalue weighted by Crippen LogP contribution is -2.49. The highest BCUT2D eigenvalue weighted by atomic mass is 35.5. The summed E-state index contributed by atoms with van der Waals surface area (Å²) in [4.78, 5) is 19.6. The molecule has 2 aromatic carbocycles. The molecule has 1 saturated heterocycles. The van der Waals surface area contributed by atoms with E-state index in [0.717, 1.165) is 23.2 Å². The van der Waals surface area contributed by atoms with E-state index in [4.69, 9.17) is 31.5 Å². The third-order valence-electron chi connectivity index (χ3n) is 6.07. The number of piperazine rings is 1. The van der Waals surface area contributed by atoms with E-state index in [1.807, 2.05) is 4.90 Å². The molecule has 0 amide bonds. The number of rotatable bonds is 5. The lowest BCUT2D eigenvalue weighted by atomic mass is 10.2. The SMILES string of the molecule is N#Cc1ccc2nc(NC3CC3)c(N3CCN(S(=O)(=O)c4cc(Cl)c(F)cc4F)CC3)nc2c1.O=C(O)C(F)(F)F. The number of benzene rings is 2. The summed E-state index contributed by atoms with van der Waals surface area (Å²) < 4.78 is 86.6. The molecule has 1 aliphatic carbocycles. The summed E-state index contributed by atoms with van der Waals surface area (Å²) in [6.45, 7) is 0.704. The summed E-state index contributed by atoms with van der Waals surface area (Å²) in [6, 6.07) is 8.77. The predicted molar refractivity (Wildman–Crippen MR) is 137 cm³/mol. The number of anilines is 2. The topological polar surface area (TPSA) is 140 Å². The van der Waals surface area contributed by atoms with Crippen LogP contribution in [-0.2, 0) is 14.8 Å². The molecular formula is C24H20ClF5N6O4S. The average molecular weight is 619 g/mol. The van der Waals surface area contributed by atoms with Crippen LogP contribution in [0.5, 0.6) is 0 Å². The van der Waals surface area contributed by atoms with Crippen LogP contribution in [0.4, 0.5) is 33.6 Å². The summed E-state index contributed by atoms with van der Waals surface area (Å²) in [7, 11) is -4.21. The Balaban J connectivity index is 0.000000493. The summed E-state index contributed by atoms with van der Waals surface area (Å²) >= 11 is 5.69. The number of nitrogens with zero attached hydrogens (tertiary/aromatic N) is 5. The monoisotopic (exact) mass is 618 g/mol. The molecule has 1 saturated carbocycles. The summed E-state index contributed by atoms with van der Waals surface area (Å²) in [5.41, 5.74) is 1.68. The normalized spacial score (nSPS) is 16.1. The molecule has 41 heavy (non-hydrogen) atoms. The van der Waals surface area contributed by atoms with Gasteiger partial charge in [0.1, 0.15) is 16.5 Å². The van der Waals surface area contributed by atoms with Crippen LogP contribution in [0.1, 0.15) is 18.4 Å². The molecule has 2 N–H and O–H groups in total. The second-order valence-electron chi connectivity index (χ2n) is 9.02. The Bertz CT molecular complexity index is 1640. The van der Waals surface area contributed by atoms with Crippen molar-refractivity contribution >= 4 is 50.3 Å². The quantitative estimate of drug-likeness (QED) is 0.319.